The fourth-order valence-corrected chi connectivity index (χ4v) is 4.51. The first kappa shape index (κ1) is 17.4. The maximum absolute atomic E-state index is 12.4. The summed E-state index contributed by atoms with van der Waals surface area (Å²) in [5, 5.41) is 11.7. The standard InChI is InChI=1S/C16H21N3O3S/c1-2-9-23(21,22)19-8-4-7-15(19)16(20)18-12-14-6-3-5-13(10-14)11-17/h3,5-6,10,15H,2,4,7-9,12H2,1H3,(H,18,20). The molecule has 0 saturated carbocycles. The van der Waals surface area contributed by atoms with Crippen LogP contribution in [0, 0.1) is 11.3 Å². The summed E-state index contributed by atoms with van der Waals surface area (Å²) in [6, 6.07) is 8.41. The molecule has 7 heteroatoms. The molecule has 0 bridgehead atoms. The Morgan fingerprint density at radius 3 is 2.96 bits per heavy atom. The van der Waals surface area contributed by atoms with Gasteiger partial charge in [0.05, 0.1) is 17.4 Å². The molecule has 1 saturated heterocycles. The third-order valence-corrected chi connectivity index (χ3v) is 5.92. The van der Waals surface area contributed by atoms with Crippen LogP contribution in [-0.4, -0.2) is 37.0 Å². The van der Waals surface area contributed by atoms with Gasteiger partial charge in [0.15, 0.2) is 0 Å². The highest BCUT2D eigenvalue weighted by Gasteiger charge is 2.37. The molecule has 0 aromatic heterocycles. The van der Waals surface area contributed by atoms with Gasteiger partial charge in [-0.1, -0.05) is 19.1 Å². The molecular weight excluding hydrogens is 314 g/mol. The zero-order chi connectivity index (χ0) is 16.9. The second-order valence-corrected chi connectivity index (χ2v) is 7.66. The quantitative estimate of drug-likeness (QED) is 0.850. The summed E-state index contributed by atoms with van der Waals surface area (Å²) in [7, 11) is -3.37. The summed E-state index contributed by atoms with van der Waals surface area (Å²) < 4.78 is 25.8. The van der Waals surface area contributed by atoms with Crippen molar-refractivity contribution < 1.29 is 13.2 Å². The van der Waals surface area contributed by atoms with Gasteiger partial charge in [-0.25, -0.2) is 8.42 Å². The fourth-order valence-electron chi connectivity index (χ4n) is 2.77. The van der Waals surface area contributed by atoms with Gasteiger partial charge in [0.2, 0.25) is 15.9 Å². The van der Waals surface area contributed by atoms with Gasteiger partial charge >= 0.3 is 0 Å². The Hall–Kier alpha value is -1.91. The topological polar surface area (TPSA) is 90.3 Å². The lowest BCUT2D eigenvalue weighted by Crippen LogP contribution is -2.46. The molecular formula is C16H21N3O3S. The molecule has 1 amide bonds. The molecule has 0 aliphatic carbocycles. The third kappa shape index (κ3) is 4.30. The smallest absolute Gasteiger partial charge is 0.238 e. The van der Waals surface area contributed by atoms with E-state index in [1.54, 1.807) is 18.2 Å². The number of carbonyl (C=O) groups is 1. The first-order valence-electron chi connectivity index (χ1n) is 7.74. The number of amides is 1. The van der Waals surface area contributed by atoms with Crippen LogP contribution >= 0.6 is 0 Å². The van der Waals surface area contributed by atoms with Crippen molar-refractivity contribution in [2.45, 2.75) is 38.8 Å². The normalized spacial score (nSPS) is 18.5. The van der Waals surface area contributed by atoms with Gasteiger partial charge in [0.25, 0.3) is 0 Å². The second kappa shape index (κ2) is 7.57. The lowest BCUT2D eigenvalue weighted by molar-refractivity contribution is -0.124. The van der Waals surface area contributed by atoms with E-state index >= 15 is 0 Å². The molecule has 6 nitrogen and oxygen atoms in total. The first-order chi connectivity index (χ1) is 11.0. The molecule has 0 spiro atoms. The molecule has 1 aromatic carbocycles. The molecule has 1 heterocycles. The minimum absolute atomic E-state index is 0.0704. The van der Waals surface area contributed by atoms with Gasteiger partial charge in [-0.3, -0.25) is 4.79 Å². The Kier molecular flexibility index (Phi) is 5.74. The summed E-state index contributed by atoms with van der Waals surface area (Å²) >= 11 is 0. The van der Waals surface area contributed by atoms with Crippen molar-refractivity contribution in [2.75, 3.05) is 12.3 Å². The monoisotopic (exact) mass is 335 g/mol. The van der Waals surface area contributed by atoms with Crippen LogP contribution in [0.3, 0.4) is 0 Å². The number of nitrogens with one attached hydrogen (secondary N) is 1. The van der Waals surface area contributed by atoms with Gasteiger partial charge in [0, 0.05) is 13.1 Å². The van der Waals surface area contributed by atoms with Crippen LogP contribution in [0.2, 0.25) is 0 Å². The molecule has 1 aromatic rings. The number of rotatable bonds is 6. The van der Waals surface area contributed by atoms with Crippen LogP contribution in [0.1, 0.15) is 37.3 Å². The van der Waals surface area contributed by atoms with Gasteiger partial charge in [-0.05, 0) is 37.0 Å². The number of hydrogen-bond acceptors (Lipinski definition) is 4. The third-order valence-electron chi connectivity index (χ3n) is 3.85. The fraction of sp³-hybridized carbons (Fsp3) is 0.500. The summed E-state index contributed by atoms with van der Waals surface area (Å²) in [5.41, 5.74) is 1.35. The van der Waals surface area contributed by atoms with Gasteiger partial charge in [-0.2, -0.15) is 9.57 Å². The predicted octanol–water partition coefficient (Wildman–Crippen LogP) is 1.38. The summed E-state index contributed by atoms with van der Waals surface area (Å²) in [6.45, 7) is 2.50. The van der Waals surface area contributed by atoms with Crippen molar-refractivity contribution in [3.8, 4) is 6.07 Å². The van der Waals surface area contributed by atoms with E-state index in [-0.39, 0.29) is 18.2 Å². The van der Waals surface area contributed by atoms with Gasteiger partial charge in [-0.15, -0.1) is 0 Å². The Labute approximate surface area is 137 Å². The van der Waals surface area contributed by atoms with E-state index in [4.69, 9.17) is 5.26 Å². The van der Waals surface area contributed by atoms with Crippen LogP contribution in [0.15, 0.2) is 24.3 Å². The highest BCUT2D eigenvalue weighted by atomic mass is 32.2. The van der Waals surface area contributed by atoms with Gasteiger partial charge < -0.3 is 5.32 Å². The van der Waals surface area contributed by atoms with E-state index in [0.29, 0.717) is 31.4 Å². The van der Waals surface area contributed by atoms with E-state index in [1.807, 2.05) is 13.0 Å². The van der Waals surface area contributed by atoms with E-state index in [9.17, 15) is 13.2 Å². The number of nitrogens with zero attached hydrogens (tertiary/aromatic N) is 2. The van der Waals surface area contributed by atoms with E-state index in [2.05, 4.69) is 11.4 Å². The van der Waals surface area contributed by atoms with Crippen LogP contribution in [0.5, 0.6) is 0 Å². The van der Waals surface area contributed by atoms with E-state index in [0.717, 1.165) is 5.56 Å². The van der Waals surface area contributed by atoms with Crippen molar-refractivity contribution in [2.24, 2.45) is 0 Å². The average molecular weight is 335 g/mol. The highest BCUT2D eigenvalue weighted by molar-refractivity contribution is 7.89. The van der Waals surface area contributed by atoms with Crippen molar-refractivity contribution >= 4 is 15.9 Å². The maximum Gasteiger partial charge on any atom is 0.238 e. The number of hydrogen-bond donors (Lipinski definition) is 1. The Balaban J connectivity index is 2.01. The SMILES string of the molecule is CCCS(=O)(=O)N1CCCC1C(=O)NCc1cccc(C#N)c1. The van der Waals surface area contributed by atoms with Crippen LogP contribution in [-0.2, 0) is 21.4 Å². The molecule has 124 valence electrons. The Morgan fingerprint density at radius 2 is 2.26 bits per heavy atom. The second-order valence-electron chi connectivity index (χ2n) is 5.61. The molecule has 1 aliphatic rings. The number of benzene rings is 1. The molecule has 1 unspecified atom stereocenters. The first-order valence-corrected chi connectivity index (χ1v) is 9.35. The molecule has 0 radical (unpaired) electrons. The zero-order valence-corrected chi connectivity index (χ0v) is 14.0. The minimum atomic E-state index is -3.37. The zero-order valence-electron chi connectivity index (χ0n) is 13.2. The molecule has 1 aliphatic heterocycles. The van der Waals surface area contributed by atoms with Crippen LogP contribution in [0.4, 0.5) is 0 Å². The molecule has 1 atom stereocenters. The Morgan fingerprint density at radius 1 is 1.48 bits per heavy atom. The Bertz CT molecular complexity index is 710. The number of carbonyl (C=O) groups excluding carboxylic acids is 1. The minimum Gasteiger partial charge on any atom is -0.351 e. The number of sulfonamides is 1. The van der Waals surface area contributed by atoms with Crippen LogP contribution in [0.25, 0.3) is 0 Å². The highest BCUT2D eigenvalue weighted by Crippen LogP contribution is 2.22. The van der Waals surface area contributed by atoms with Crippen molar-refractivity contribution in [1.29, 1.82) is 5.26 Å². The van der Waals surface area contributed by atoms with E-state index < -0.39 is 16.1 Å². The van der Waals surface area contributed by atoms with Crippen LogP contribution < -0.4 is 5.32 Å². The molecule has 1 fully saturated rings. The lowest BCUT2D eigenvalue weighted by Gasteiger charge is -2.23. The average Bonchev–Trinajstić information content (AvgIpc) is 3.03. The van der Waals surface area contributed by atoms with Crippen molar-refractivity contribution in [3.63, 3.8) is 0 Å². The molecule has 2 rings (SSSR count). The van der Waals surface area contributed by atoms with Crippen molar-refractivity contribution in [3.05, 3.63) is 35.4 Å². The van der Waals surface area contributed by atoms with Crippen molar-refractivity contribution in [1.82, 2.24) is 9.62 Å². The predicted molar refractivity (Wildman–Crippen MR) is 86.8 cm³/mol. The molecule has 1 N–H and O–H groups in total. The summed E-state index contributed by atoms with van der Waals surface area (Å²) in [4.78, 5) is 12.4. The lowest BCUT2D eigenvalue weighted by atomic mass is 10.1. The summed E-state index contributed by atoms with van der Waals surface area (Å²) in [5.74, 6) is -0.203. The number of nitriles is 1. The summed E-state index contributed by atoms with van der Waals surface area (Å²) in [6.07, 6.45) is 1.78. The largest absolute Gasteiger partial charge is 0.351 e. The van der Waals surface area contributed by atoms with Gasteiger partial charge in [0.1, 0.15) is 6.04 Å². The molecule has 23 heavy (non-hydrogen) atoms. The maximum atomic E-state index is 12.4. The van der Waals surface area contributed by atoms with E-state index in [1.165, 1.54) is 4.31 Å².